The molecule has 0 aromatic carbocycles. The maximum Gasteiger partial charge on any atom is 0.233 e. The second kappa shape index (κ2) is 8.37. The highest BCUT2D eigenvalue weighted by Crippen LogP contribution is 2.28. The van der Waals surface area contributed by atoms with Crippen molar-refractivity contribution in [1.82, 2.24) is 20.5 Å². The van der Waals surface area contributed by atoms with Gasteiger partial charge in [0.25, 0.3) is 0 Å². The van der Waals surface area contributed by atoms with Crippen LogP contribution in [0.3, 0.4) is 0 Å². The van der Waals surface area contributed by atoms with Gasteiger partial charge in [-0.3, -0.25) is 9.89 Å². The van der Waals surface area contributed by atoms with Gasteiger partial charge in [-0.25, -0.2) is 4.98 Å². The van der Waals surface area contributed by atoms with Crippen LogP contribution < -0.4 is 5.32 Å². The van der Waals surface area contributed by atoms with E-state index in [0.717, 1.165) is 23.9 Å². The van der Waals surface area contributed by atoms with E-state index in [2.05, 4.69) is 20.5 Å². The Labute approximate surface area is 146 Å². The number of carbonyl (C=O) groups excluding carboxylic acids is 1. The van der Waals surface area contributed by atoms with Crippen LogP contribution in [0.2, 0.25) is 0 Å². The van der Waals surface area contributed by atoms with Gasteiger partial charge in [-0.2, -0.15) is 0 Å². The number of carbonyl (C=O) groups is 1. The highest BCUT2D eigenvalue weighted by Gasteiger charge is 2.18. The first kappa shape index (κ1) is 17.1. The van der Waals surface area contributed by atoms with Crippen molar-refractivity contribution in [2.45, 2.75) is 62.4 Å². The molecule has 1 atom stereocenters. The van der Waals surface area contributed by atoms with Gasteiger partial charge >= 0.3 is 0 Å². The van der Waals surface area contributed by atoms with Crippen molar-refractivity contribution >= 4 is 17.7 Å². The number of furan rings is 1. The third-order valence-electron chi connectivity index (χ3n) is 4.44. The number of H-pyrrole nitrogens is 1. The van der Waals surface area contributed by atoms with Crippen LogP contribution in [0, 0.1) is 5.92 Å². The van der Waals surface area contributed by atoms with E-state index in [0.29, 0.717) is 11.7 Å². The van der Waals surface area contributed by atoms with Crippen molar-refractivity contribution in [2.24, 2.45) is 5.92 Å². The minimum absolute atomic E-state index is 0.0475. The van der Waals surface area contributed by atoms with Gasteiger partial charge in [0.2, 0.25) is 11.1 Å². The lowest BCUT2D eigenvalue weighted by atomic mass is 10.0. The fourth-order valence-corrected chi connectivity index (χ4v) is 3.79. The Morgan fingerprint density at radius 1 is 1.50 bits per heavy atom. The predicted molar refractivity (Wildman–Crippen MR) is 92.5 cm³/mol. The first-order valence-corrected chi connectivity index (χ1v) is 9.46. The Hall–Kier alpha value is -1.76. The summed E-state index contributed by atoms with van der Waals surface area (Å²) in [5, 5.41) is 10.5. The molecule has 1 amide bonds. The van der Waals surface area contributed by atoms with Crippen LogP contribution in [-0.2, 0) is 17.8 Å². The van der Waals surface area contributed by atoms with Gasteiger partial charge in [-0.05, 0) is 31.4 Å². The van der Waals surface area contributed by atoms with Gasteiger partial charge in [-0.15, -0.1) is 5.10 Å². The average molecular weight is 348 g/mol. The summed E-state index contributed by atoms with van der Waals surface area (Å²) in [7, 11) is 0. The number of thioether (sulfide) groups is 1. The zero-order valence-electron chi connectivity index (χ0n) is 14.0. The Balaban J connectivity index is 1.42. The highest BCUT2D eigenvalue weighted by atomic mass is 32.2. The van der Waals surface area contributed by atoms with Gasteiger partial charge < -0.3 is 9.73 Å². The number of rotatable bonds is 8. The number of nitrogens with zero attached hydrogens (tertiary/aromatic N) is 2. The SMILES string of the molecule is C[C@@H](Sc1n[nH]c(CCC2CCCC2)n1)C(=O)NCc1ccco1. The molecule has 0 saturated heterocycles. The molecule has 2 aromatic rings. The quantitative estimate of drug-likeness (QED) is 0.715. The molecule has 0 bridgehead atoms. The highest BCUT2D eigenvalue weighted by molar-refractivity contribution is 8.00. The van der Waals surface area contributed by atoms with Gasteiger partial charge in [0.05, 0.1) is 18.1 Å². The second-order valence-electron chi connectivity index (χ2n) is 6.31. The summed E-state index contributed by atoms with van der Waals surface area (Å²) >= 11 is 1.37. The zero-order valence-corrected chi connectivity index (χ0v) is 14.8. The smallest absolute Gasteiger partial charge is 0.233 e. The third-order valence-corrected chi connectivity index (χ3v) is 5.40. The normalized spacial score (nSPS) is 16.4. The molecule has 130 valence electrons. The van der Waals surface area contributed by atoms with E-state index in [1.54, 1.807) is 12.3 Å². The Morgan fingerprint density at radius 2 is 2.33 bits per heavy atom. The number of aryl methyl sites for hydroxylation is 1. The molecule has 3 rings (SSSR count). The molecular weight excluding hydrogens is 324 g/mol. The van der Waals surface area contributed by atoms with E-state index in [4.69, 9.17) is 4.42 Å². The number of hydrogen-bond donors (Lipinski definition) is 2. The topological polar surface area (TPSA) is 83.8 Å². The Kier molecular flexibility index (Phi) is 5.96. The molecule has 1 saturated carbocycles. The number of hydrogen-bond acceptors (Lipinski definition) is 5. The number of amides is 1. The molecular formula is C17H24N4O2S. The van der Waals surface area contributed by atoms with E-state index in [-0.39, 0.29) is 11.2 Å². The Morgan fingerprint density at radius 3 is 3.08 bits per heavy atom. The fraction of sp³-hybridized carbons (Fsp3) is 0.588. The number of aromatic nitrogens is 3. The minimum atomic E-state index is -0.251. The lowest BCUT2D eigenvalue weighted by Crippen LogP contribution is -2.30. The summed E-state index contributed by atoms with van der Waals surface area (Å²) in [5.41, 5.74) is 0. The molecule has 1 fully saturated rings. The minimum Gasteiger partial charge on any atom is -0.467 e. The lowest BCUT2D eigenvalue weighted by molar-refractivity contribution is -0.120. The molecule has 0 unspecified atom stereocenters. The van der Waals surface area contributed by atoms with Gasteiger partial charge in [-0.1, -0.05) is 37.4 Å². The van der Waals surface area contributed by atoms with Crippen molar-refractivity contribution in [1.29, 1.82) is 0 Å². The van der Waals surface area contributed by atoms with Crippen LogP contribution >= 0.6 is 11.8 Å². The maximum absolute atomic E-state index is 12.1. The molecule has 0 spiro atoms. The van der Waals surface area contributed by atoms with Crippen molar-refractivity contribution < 1.29 is 9.21 Å². The predicted octanol–water partition coefficient (Wildman–Crippen LogP) is 3.32. The van der Waals surface area contributed by atoms with Gasteiger partial charge in [0, 0.05) is 6.42 Å². The summed E-state index contributed by atoms with van der Waals surface area (Å²) in [4.78, 5) is 16.6. The zero-order chi connectivity index (χ0) is 16.8. The van der Waals surface area contributed by atoms with Crippen LogP contribution in [0.4, 0.5) is 0 Å². The average Bonchev–Trinajstić information content (AvgIpc) is 3.32. The van der Waals surface area contributed by atoms with Crippen molar-refractivity contribution in [3.63, 3.8) is 0 Å². The van der Waals surface area contributed by atoms with E-state index in [1.807, 2.05) is 13.0 Å². The first-order chi connectivity index (χ1) is 11.7. The molecule has 2 N–H and O–H groups in total. The first-order valence-electron chi connectivity index (χ1n) is 8.58. The molecule has 24 heavy (non-hydrogen) atoms. The van der Waals surface area contributed by atoms with Crippen molar-refractivity contribution in [3.8, 4) is 0 Å². The summed E-state index contributed by atoms with van der Waals surface area (Å²) in [6, 6.07) is 3.64. The number of aromatic amines is 1. The summed E-state index contributed by atoms with van der Waals surface area (Å²) in [6.07, 6.45) is 9.15. The van der Waals surface area contributed by atoms with E-state index >= 15 is 0 Å². The van der Waals surface area contributed by atoms with Crippen LogP contribution in [0.15, 0.2) is 28.0 Å². The largest absolute Gasteiger partial charge is 0.467 e. The molecule has 2 heterocycles. The van der Waals surface area contributed by atoms with Gasteiger partial charge in [0.15, 0.2) is 0 Å². The summed E-state index contributed by atoms with van der Waals surface area (Å²) in [5.74, 6) is 2.46. The van der Waals surface area contributed by atoms with Crippen LogP contribution in [0.5, 0.6) is 0 Å². The summed E-state index contributed by atoms with van der Waals surface area (Å²) < 4.78 is 5.20. The lowest BCUT2D eigenvalue weighted by Gasteiger charge is -2.08. The van der Waals surface area contributed by atoms with E-state index < -0.39 is 0 Å². The molecule has 6 nitrogen and oxygen atoms in total. The number of nitrogens with one attached hydrogen (secondary N) is 2. The second-order valence-corrected chi connectivity index (χ2v) is 7.62. The summed E-state index contributed by atoms with van der Waals surface area (Å²) in [6.45, 7) is 2.26. The molecule has 1 aliphatic carbocycles. The standard InChI is InChI=1S/C17H24N4O2S/c1-12(16(22)18-11-14-7-4-10-23-14)24-17-19-15(20-21-17)9-8-13-5-2-3-6-13/h4,7,10,12-13H,2-3,5-6,8-9,11H2,1H3,(H,18,22)(H,19,20,21)/t12-/m1/s1. The van der Waals surface area contributed by atoms with Crippen molar-refractivity contribution in [3.05, 3.63) is 30.0 Å². The monoisotopic (exact) mass is 348 g/mol. The Bertz CT molecular complexity index is 635. The van der Waals surface area contributed by atoms with Crippen LogP contribution in [0.1, 0.15) is 50.6 Å². The van der Waals surface area contributed by atoms with Gasteiger partial charge in [0.1, 0.15) is 11.6 Å². The molecule has 1 aliphatic rings. The van der Waals surface area contributed by atoms with E-state index in [1.165, 1.54) is 43.9 Å². The van der Waals surface area contributed by atoms with Crippen LogP contribution in [-0.4, -0.2) is 26.3 Å². The molecule has 7 heteroatoms. The third kappa shape index (κ3) is 4.87. The fourth-order valence-electron chi connectivity index (χ4n) is 3.02. The molecule has 2 aromatic heterocycles. The maximum atomic E-state index is 12.1. The van der Waals surface area contributed by atoms with E-state index in [9.17, 15) is 4.79 Å². The van der Waals surface area contributed by atoms with Crippen molar-refractivity contribution in [2.75, 3.05) is 0 Å². The molecule has 0 radical (unpaired) electrons. The molecule has 0 aliphatic heterocycles. The van der Waals surface area contributed by atoms with Crippen LogP contribution in [0.25, 0.3) is 0 Å².